The van der Waals surface area contributed by atoms with Gasteiger partial charge in [-0.2, -0.15) is 0 Å². The molecule has 1 unspecified atom stereocenters. The highest BCUT2D eigenvalue weighted by Gasteiger charge is 2.22. The first-order valence-electron chi connectivity index (χ1n) is 4.64. The summed E-state index contributed by atoms with van der Waals surface area (Å²) in [7, 11) is 0. The molecule has 0 saturated carbocycles. The van der Waals surface area contributed by atoms with Gasteiger partial charge in [-0.25, -0.2) is 0 Å². The average Bonchev–Trinajstić information content (AvgIpc) is 2.18. The van der Waals surface area contributed by atoms with Gasteiger partial charge in [0.1, 0.15) is 0 Å². The van der Waals surface area contributed by atoms with E-state index in [2.05, 4.69) is 16.7 Å². The molecule has 4 heteroatoms. The average molecular weight is 194 g/mol. The molecule has 0 radical (unpaired) electrons. The molecule has 0 saturated heterocycles. The normalized spacial score (nSPS) is 21.1. The Bertz CT molecular complexity index is 305. The highest BCUT2D eigenvalue weighted by molar-refractivity contribution is 5.90. The number of nitrogens with zero attached hydrogens (tertiary/aromatic N) is 2. The molecular weight excluding hydrogens is 180 g/mol. The van der Waals surface area contributed by atoms with Gasteiger partial charge in [-0.15, -0.1) is 0 Å². The molecule has 1 N–H and O–H groups in total. The Balaban J connectivity index is 2.81. The largest absolute Gasteiger partial charge is 0.481 e. The molecule has 14 heavy (non-hydrogen) atoms. The first-order valence-corrected chi connectivity index (χ1v) is 4.64. The maximum atomic E-state index is 10.7. The fourth-order valence-electron chi connectivity index (χ4n) is 1.39. The molecule has 0 spiro atoms. The van der Waals surface area contributed by atoms with Gasteiger partial charge in [-0.3, -0.25) is 14.8 Å². The van der Waals surface area contributed by atoms with E-state index >= 15 is 0 Å². The number of carbonyl (C=O) groups is 1. The first-order chi connectivity index (χ1) is 6.69. The molecule has 0 amide bonds. The molecule has 0 fully saturated rings. The molecular formula is C10H14N2O2. The third-order valence-electron chi connectivity index (χ3n) is 2.15. The number of rotatable bonds is 4. The van der Waals surface area contributed by atoms with Gasteiger partial charge in [-0.05, 0) is 13.1 Å². The fraction of sp³-hybridized carbons (Fsp3) is 0.500. The summed E-state index contributed by atoms with van der Waals surface area (Å²) in [5.41, 5.74) is 1.60. The van der Waals surface area contributed by atoms with E-state index in [1.807, 2.05) is 6.92 Å². The summed E-state index contributed by atoms with van der Waals surface area (Å²) in [6.07, 6.45) is 3.71. The number of aliphatic carboxylic acids is 1. The van der Waals surface area contributed by atoms with Gasteiger partial charge in [-0.1, -0.05) is 13.3 Å². The lowest BCUT2D eigenvalue weighted by atomic mass is 10.00. The Morgan fingerprint density at radius 1 is 1.86 bits per heavy atom. The van der Waals surface area contributed by atoms with E-state index in [-0.39, 0.29) is 0 Å². The molecule has 76 valence electrons. The second-order valence-electron chi connectivity index (χ2n) is 3.23. The van der Waals surface area contributed by atoms with Crippen molar-refractivity contribution in [3.05, 3.63) is 11.4 Å². The van der Waals surface area contributed by atoms with Crippen molar-refractivity contribution in [3.63, 3.8) is 0 Å². The molecule has 1 aliphatic rings. The van der Waals surface area contributed by atoms with Gasteiger partial charge in [0.05, 0.1) is 17.3 Å². The molecule has 0 aromatic rings. The van der Waals surface area contributed by atoms with Crippen molar-refractivity contribution in [2.24, 2.45) is 15.9 Å². The highest BCUT2D eigenvalue weighted by atomic mass is 16.4. The van der Waals surface area contributed by atoms with E-state index in [4.69, 9.17) is 5.11 Å². The maximum Gasteiger partial charge on any atom is 0.312 e. The van der Waals surface area contributed by atoms with Crippen LogP contribution in [0.3, 0.4) is 0 Å². The van der Waals surface area contributed by atoms with E-state index < -0.39 is 11.9 Å². The van der Waals surface area contributed by atoms with Crippen molar-refractivity contribution in [1.82, 2.24) is 0 Å². The molecule has 4 nitrogen and oxygen atoms in total. The maximum absolute atomic E-state index is 10.7. The minimum absolute atomic E-state index is 0.414. The lowest BCUT2D eigenvalue weighted by molar-refractivity contribution is -0.139. The zero-order valence-electron chi connectivity index (χ0n) is 8.23. The summed E-state index contributed by atoms with van der Waals surface area (Å²) >= 11 is 0. The quantitative estimate of drug-likeness (QED) is 0.694. The molecule has 1 atom stereocenters. The van der Waals surface area contributed by atoms with Gasteiger partial charge in [0.15, 0.2) is 0 Å². The molecule has 1 heterocycles. The number of hydrogen-bond donors (Lipinski definition) is 1. The van der Waals surface area contributed by atoms with Crippen LogP contribution in [0.4, 0.5) is 0 Å². The zero-order chi connectivity index (χ0) is 10.6. The second-order valence-corrected chi connectivity index (χ2v) is 3.23. The van der Waals surface area contributed by atoms with Crippen LogP contribution in [-0.2, 0) is 4.79 Å². The van der Waals surface area contributed by atoms with Crippen molar-refractivity contribution in [2.75, 3.05) is 0 Å². The summed E-state index contributed by atoms with van der Waals surface area (Å²) in [5, 5.41) is 8.79. The minimum Gasteiger partial charge on any atom is -0.481 e. The number of allylic oxidation sites excluding steroid dienone is 2. The van der Waals surface area contributed by atoms with Crippen molar-refractivity contribution >= 4 is 18.9 Å². The van der Waals surface area contributed by atoms with Crippen molar-refractivity contribution in [3.8, 4) is 0 Å². The third-order valence-corrected chi connectivity index (χ3v) is 2.15. The van der Waals surface area contributed by atoms with Crippen LogP contribution in [0.1, 0.15) is 26.2 Å². The van der Waals surface area contributed by atoms with Crippen molar-refractivity contribution < 1.29 is 9.90 Å². The summed E-state index contributed by atoms with van der Waals surface area (Å²) in [6, 6.07) is 0. The van der Waals surface area contributed by atoms with Crippen LogP contribution in [0, 0.1) is 5.92 Å². The van der Waals surface area contributed by atoms with E-state index in [9.17, 15) is 4.79 Å². The second kappa shape index (κ2) is 4.69. The molecule has 0 bridgehead atoms. The van der Waals surface area contributed by atoms with Crippen LogP contribution < -0.4 is 0 Å². The van der Waals surface area contributed by atoms with E-state index in [0.717, 1.165) is 24.2 Å². The van der Waals surface area contributed by atoms with Crippen LogP contribution in [0.2, 0.25) is 0 Å². The summed E-state index contributed by atoms with van der Waals surface area (Å²) < 4.78 is 0. The standard InChI is InChI=1S/C10H14N2O2/c1-3-4-8-9(11-2)5-7(6-12-8)10(13)14/h6-7H,2-5H2,1H3,(H,13,14). The Morgan fingerprint density at radius 2 is 2.57 bits per heavy atom. The SMILES string of the molecule is C=NC1=C(CCC)N=CC(C(=O)O)C1. The van der Waals surface area contributed by atoms with Gasteiger partial charge in [0.25, 0.3) is 0 Å². The topological polar surface area (TPSA) is 62.0 Å². The molecule has 1 rings (SSSR count). The predicted molar refractivity (Wildman–Crippen MR) is 55.7 cm³/mol. The lowest BCUT2D eigenvalue weighted by Gasteiger charge is -2.15. The molecule has 1 aliphatic heterocycles. The van der Waals surface area contributed by atoms with Crippen molar-refractivity contribution in [2.45, 2.75) is 26.2 Å². The van der Waals surface area contributed by atoms with E-state index in [1.165, 1.54) is 6.21 Å². The third kappa shape index (κ3) is 2.28. The van der Waals surface area contributed by atoms with Crippen molar-refractivity contribution in [1.29, 1.82) is 0 Å². The number of aliphatic imine (C=N–C) groups is 2. The minimum atomic E-state index is -0.856. The van der Waals surface area contributed by atoms with E-state index in [0.29, 0.717) is 6.42 Å². The lowest BCUT2D eigenvalue weighted by Crippen LogP contribution is -2.18. The van der Waals surface area contributed by atoms with Crippen LogP contribution in [0.5, 0.6) is 0 Å². The zero-order valence-corrected chi connectivity index (χ0v) is 8.23. The van der Waals surface area contributed by atoms with Crippen LogP contribution in [0.25, 0.3) is 0 Å². The Kier molecular flexibility index (Phi) is 3.56. The number of carboxylic acid groups (broad SMARTS) is 1. The van der Waals surface area contributed by atoms with Crippen LogP contribution >= 0.6 is 0 Å². The molecule has 0 aromatic carbocycles. The fourth-order valence-corrected chi connectivity index (χ4v) is 1.39. The first kappa shape index (κ1) is 10.6. The summed E-state index contributed by atoms with van der Waals surface area (Å²) in [6.45, 7) is 5.48. The van der Waals surface area contributed by atoms with Gasteiger partial charge in [0, 0.05) is 12.6 Å². The van der Waals surface area contributed by atoms with Crippen LogP contribution in [0.15, 0.2) is 21.4 Å². The molecule has 0 aliphatic carbocycles. The Morgan fingerprint density at radius 3 is 3.07 bits per heavy atom. The predicted octanol–water partition coefficient (Wildman–Crippen LogP) is 1.87. The van der Waals surface area contributed by atoms with E-state index in [1.54, 1.807) is 0 Å². The highest BCUT2D eigenvalue weighted by Crippen LogP contribution is 2.24. The Labute approximate surface area is 83.1 Å². The Hall–Kier alpha value is -1.45. The number of carboxylic acids is 1. The van der Waals surface area contributed by atoms with Gasteiger partial charge >= 0.3 is 5.97 Å². The smallest absolute Gasteiger partial charge is 0.312 e. The molecule has 0 aromatic heterocycles. The van der Waals surface area contributed by atoms with Crippen LogP contribution in [-0.4, -0.2) is 24.0 Å². The van der Waals surface area contributed by atoms with Gasteiger partial charge < -0.3 is 5.11 Å². The number of hydrogen-bond acceptors (Lipinski definition) is 3. The monoisotopic (exact) mass is 194 g/mol. The summed E-state index contributed by atoms with van der Waals surface area (Å²) in [5.74, 6) is -1.40. The van der Waals surface area contributed by atoms with Gasteiger partial charge in [0.2, 0.25) is 0 Å². The summed E-state index contributed by atoms with van der Waals surface area (Å²) in [4.78, 5) is 18.7.